The van der Waals surface area contributed by atoms with Gasteiger partial charge in [-0.2, -0.15) is 0 Å². The number of thiazole rings is 1. The van der Waals surface area contributed by atoms with Crippen LogP contribution in [0.4, 0.5) is 5.13 Å². The molecule has 0 aromatic carbocycles. The van der Waals surface area contributed by atoms with Gasteiger partial charge in [-0.1, -0.05) is 18.3 Å². The zero-order valence-corrected chi connectivity index (χ0v) is 11.9. The number of hydrogen-bond donors (Lipinski definition) is 1. The number of hydrogen-bond acceptors (Lipinski definition) is 4. The van der Waals surface area contributed by atoms with Crippen LogP contribution in [0.25, 0.3) is 0 Å². The van der Waals surface area contributed by atoms with E-state index in [0.29, 0.717) is 6.04 Å². The third-order valence-electron chi connectivity index (χ3n) is 3.32. The van der Waals surface area contributed by atoms with Crippen LogP contribution in [0.2, 0.25) is 0 Å². The van der Waals surface area contributed by atoms with E-state index in [2.05, 4.69) is 25.7 Å². The number of aromatic nitrogens is 1. The van der Waals surface area contributed by atoms with Crippen molar-refractivity contribution in [3.63, 3.8) is 0 Å². The monoisotopic (exact) mass is 253 g/mol. The van der Waals surface area contributed by atoms with E-state index in [9.17, 15) is 0 Å². The molecule has 96 valence electrons. The fourth-order valence-electron chi connectivity index (χ4n) is 2.38. The normalized spacial score (nSPS) is 19.5. The molecule has 4 heteroatoms. The second-order valence-corrected chi connectivity index (χ2v) is 6.10. The Labute approximate surface area is 108 Å². The highest BCUT2D eigenvalue weighted by Gasteiger charge is 2.24. The van der Waals surface area contributed by atoms with Crippen molar-refractivity contribution in [1.82, 2.24) is 4.98 Å². The van der Waals surface area contributed by atoms with Crippen molar-refractivity contribution < 1.29 is 0 Å². The summed E-state index contributed by atoms with van der Waals surface area (Å²) in [6.07, 6.45) is 4.57. The first-order valence-electron chi connectivity index (χ1n) is 6.65. The molecule has 2 rings (SSSR count). The molecule has 1 unspecified atom stereocenters. The molecule has 1 aliphatic rings. The van der Waals surface area contributed by atoms with Crippen molar-refractivity contribution >= 4 is 16.5 Å². The molecule has 1 aromatic rings. The van der Waals surface area contributed by atoms with E-state index >= 15 is 0 Å². The molecule has 0 bridgehead atoms. The number of rotatable bonds is 4. The predicted octanol–water partition coefficient (Wildman–Crippen LogP) is 3.10. The highest BCUT2D eigenvalue weighted by Crippen LogP contribution is 2.36. The molecule has 0 amide bonds. The van der Waals surface area contributed by atoms with Gasteiger partial charge in [0.15, 0.2) is 5.13 Å². The van der Waals surface area contributed by atoms with E-state index in [0.717, 1.165) is 25.8 Å². The summed E-state index contributed by atoms with van der Waals surface area (Å²) < 4.78 is 0. The summed E-state index contributed by atoms with van der Waals surface area (Å²) in [7, 11) is 0. The highest BCUT2D eigenvalue weighted by atomic mass is 32.1. The lowest BCUT2D eigenvalue weighted by Crippen LogP contribution is -2.31. The molecule has 1 aromatic heterocycles. The Hall–Kier alpha value is -0.610. The van der Waals surface area contributed by atoms with Gasteiger partial charge in [0, 0.05) is 23.5 Å². The molecule has 0 aliphatic heterocycles. The van der Waals surface area contributed by atoms with Gasteiger partial charge in [0.2, 0.25) is 0 Å². The van der Waals surface area contributed by atoms with Crippen LogP contribution in [-0.2, 0) is 6.42 Å². The molecule has 17 heavy (non-hydrogen) atoms. The molecule has 0 fully saturated rings. The van der Waals surface area contributed by atoms with E-state index in [4.69, 9.17) is 10.7 Å². The fourth-order valence-corrected chi connectivity index (χ4v) is 3.69. The van der Waals surface area contributed by atoms with Crippen molar-refractivity contribution in [3.8, 4) is 0 Å². The molecular weight excluding hydrogens is 230 g/mol. The molecule has 1 atom stereocenters. The summed E-state index contributed by atoms with van der Waals surface area (Å²) in [5.74, 6) is 0. The average molecular weight is 253 g/mol. The third kappa shape index (κ3) is 2.63. The number of anilines is 1. The highest BCUT2D eigenvalue weighted by molar-refractivity contribution is 7.15. The Bertz CT molecular complexity index is 373. The van der Waals surface area contributed by atoms with Gasteiger partial charge in [0.25, 0.3) is 0 Å². The quantitative estimate of drug-likeness (QED) is 0.896. The fraction of sp³-hybridized carbons (Fsp3) is 0.769. The number of fused-ring (bicyclic) bond motifs is 1. The maximum atomic E-state index is 6.16. The molecule has 1 heterocycles. The lowest BCUT2D eigenvalue weighted by Gasteiger charge is -2.25. The van der Waals surface area contributed by atoms with Crippen LogP contribution < -0.4 is 10.6 Å². The van der Waals surface area contributed by atoms with Crippen molar-refractivity contribution in [2.24, 2.45) is 5.73 Å². The smallest absolute Gasteiger partial charge is 0.186 e. The summed E-state index contributed by atoms with van der Waals surface area (Å²) in [4.78, 5) is 8.53. The van der Waals surface area contributed by atoms with Crippen LogP contribution >= 0.6 is 11.3 Å². The Morgan fingerprint density at radius 3 is 2.88 bits per heavy atom. The zero-order chi connectivity index (χ0) is 12.4. The van der Waals surface area contributed by atoms with E-state index in [-0.39, 0.29) is 6.04 Å². The van der Waals surface area contributed by atoms with Gasteiger partial charge >= 0.3 is 0 Å². The average Bonchev–Trinajstić information content (AvgIpc) is 2.70. The van der Waals surface area contributed by atoms with Crippen molar-refractivity contribution in [2.75, 3.05) is 11.4 Å². The molecule has 3 nitrogen and oxygen atoms in total. The maximum Gasteiger partial charge on any atom is 0.186 e. The number of nitrogens with two attached hydrogens (primary N) is 1. The predicted molar refractivity (Wildman–Crippen MR) is 74.8 cm³/mol. The van der Waals surface area contributed by atoms with Gasteiger partial charge in [0.05, 0.1) is 5.69 Å². The molecular formula is C13H23N3S. The molecule has 1 aliphatic carbocycles. The second-order valence-electron chi connectivity index (χ2n) is 5.09. The first kappa shape index (κ1) is 12.8. The molecule has 0 saturated carbocycles. The molecule has 0 spiro atoms. The van der Waals surface area contributed by atoms with Crippen LogP contribution in [-0.4, -0.2) is 17.6 Å². The second kappa shape index (κ2) is 5.36. The minimum absolute atomic E-state index is 0.223. The number of nitrogens with zero attached hydrogens (tertiary/aromatic N) is 2. The molecule has 0 radical (unpaired) electrons. The van der Waals surface area contributed by atoms with Crippen molar-refractivity contribution in [3.05, 3.63) is 10.6 Å². The number of aryl methyl sites for hydroxylation is 1. The van der Waals surface area contributed by atoms with Crippen LogP contribution in [0, 0.1) is 0 Å². The zero-order valence-electron chi connectivity index (χ0n) is 11.1. The van der Waals surface area contributed by atoms with E-state index in [1.807, 2.05) is 11.3 Å². The van der Waals surface area contributed by atoms with Crippen LogP contribution in [0.3, 0.4) is 0 Å². The van der Waals surface area contributed by atoms with E-state index in [1.54, 1.807) is 0 Å². The first-order valence-corrected chi connectivity index (χ1v) is 7.47. The SMILES string of the molecule is CCCN(c1nc2c(s1)C(N)CCC2)C(C)C. The van der Waals surface area contributed by atoms with Crippen LogP contribution in [0.15, 0.2) is 0 Å². The Kier molecular flexibility index (Phi) is 4.05. The summed E-state index contributed by atoms with van der Waals surface area (Å²) in [5.41, 5.74) is 7.42. The summed E-state index contributed by atoms with van der Waals surface area (Å²) in [6.45, 7) is 7.76. The lowest BCUT2D eigenvalue weighted by molar-refractivity contribution is 0.572. The molecule has 2 N–H and O–H groups in total. The third-order valence-corrected chi connectivity index (χ3v) is 4.58. The van der Waals surface area contributed by atoms with Gasteiger partial charge in [-0.15, -0.1) is 0 Å². The van der Waals surface area contributed by atoms with Crippen molar-refractivity contribution in [2.45, 2.75) is 58.5 Å². The van der Waals surface area contributed by atoms with Gasteiger partial charge in [-0.05, 0) is 39.5 Å². The Morgan fingerprint density at radius 2 is 2.29 bits per heavy atom. The molecule has 0 saturated heterocycles. The standard InChI is InChI=1S/C13H23N3S/c1-4-8-16(9(2)3)13-15-11-7-5-6-10(14)12(11)17-13/h9-10H,4-8,14H2,1-3H3. The van der Waals surface area contributed by atoms with E-state index < -0.39 is 0 Å². The largest absolute Gasteiger partial charge is 0.346 e. The van der Waals surface area contributed by atoms with Crippen molar-refractivity contribution in [1.29, 1.82) is 0 Å². The van der Waals surface area contributed by atoms with Gasteiger partial charge in [0.1, 0.15) is 0 Å². The minimum atomic E-state index is 0.223. The Balaban J connectivity index is 2.26. The lowest BCUT2D eigenvalue weighted by atomic mass is 9.99. The maximum absolute atomic E-state index is 6.16. The van der Waals surface area contributed by atoms with Gasteiger partial charge in [-0.25, -0.2) is 4.98 Å². The summed E-state index contributed by atoms with van der Waals surface area (Å²) in [5, 5.41) is 1.17. The van der Waals surface area contributed by atoms with E-state index in [1.165, 1.54) is 22.1 Å². The topological polar surface area (TPSA) is 42.2 Å². The minimum Gasteiger partial charge on any atom is -0.346 e. The van der Waals surface area contributed by atoms with Crippen LogP contribution in [0.1, 0.15) is 56.6 Å². The van der Waals surface area contributed by atoms with Gasteiger partial charge in [-0.3, -0.25) is 0 Å². The summed E-state index contributed by atoms with van der Waals surface area (Å²) >= 11 is 1.81. The van der Waals surface area contributed by atoms with Gasteiger partial charge < -0.3 is 10.6 Å². The Morgan fingerprint density at radius 1 is 1.53 bits per heavy atom. The summed E-state index contributed by atoms with van der Waals surface area (Å²) in [6, 6.07) is 0.736. The first-order chi connectivity index (χ1) is 8.13. The van der Waals surface area contributed by atoms with Crippen LogP contribution in [0.5, 0.6) is 0 Å².